The van der Waals surface area contributed by atoms with E-state index in [4.69, 9.17) is 4.74 Å². The minimum absolute atomic E-state index is 0. The highest BCUT2D eigenvalue weighted by Gasteiger charge is 2.11. The van der Waals surface area contributed by atoms with Gasteiger partial charge in [-0.25, -0.2) is 18.1 Å². The summed E-state index contributed by atoms with van der Waals surface area (Å²) in [4.78, 5) is 4.81. The van der Waals surface area contributed by atoms with Gasteiger partial charge in [0, 0.05) is 18.7 Å². The molecule has 7 nitrogen and oxygen atoms in total. The Balaban J connectivity index is 0.00000450. The van der Waals surface area contributed by atoms with Crippen molar-refractivity contribution in [3.63, 3.8) is 0 Å². The van der Waals surface area contributed by atoms with E-state index in [1.165, 1.54) is 7.05 Å². The fraction of sp³-hybridized carbons (Fsp3) is 0.381. The van der Waals surface area contributed by atoms with Crippen LogP contribution < -0.4 is 20.1 Å². The third-order valence-corrected chi connectivity index (χ3v) is 5.62. The van der Waals surface area contributed by atoms with Gasteiger partial charge in [0.25, 0.3) is 0 Å². The molecule has 0 atom stereocenters. The van der Waals surface area contributed by atoms with Gasteiger partial charge in [-0.15, -0.1) is 24.0 Å². The molecule has 0 bridgehead atoms. The van der Waals surface area contributed by atoms with E-state index in [2.05, 4.69) is 26.4 Å². The molecule has 2 aromatic rings. The van der Waals surface area contributed by atoms with Crippen molar-refractivity contribution in [1.29, 1.82) is 0 Å². The molecular weight excluding hydrogens is 515 g/mol. The van der Waals surface area contributed by atoms with Crippen molar-refractivity contribution in [1.82, 2.24) is 15.4 Å². The van der Waals surface area contributed by atoms with Gasteiger partial charge in [0.05, 0.1) is 18.0 Å². The quantitative estimate of drug-likeness (QED) is 0.256. The molecule has 0 spiro atoms. The van der Waals surface area contributed by atoms with E-state index in [0.29, 0.717) is 32.2 Å². The molecule has 166 valence electrons. The van der Waals surface area contributed by atoms with Gasteiger partial charge in [-0.2, -0.15) is 0 Å². The van der Waals surface area contributed by atoms with E-state index >= 15 is 0 Å². The molecule has 0 aliphatic rings. The standard InChI is InChI=1S/C21H30N4O3S.HI/c1-5-23-21(25-15-18-11-10-16(3)12-20(18)28-6-2)24-14-17-8-7-9-19(13-17)29(26,27)22-4;/h7-13,22H,5-6,14-15H2,1-4H3,(H2,23,24,25);1H. The number of nitrogens with one attached hydrogen (secondary N) is 3. The zero-order valence-corrected chi connectivity index (χ0v) is 21.0. The summed E-state index contributed by atoms with van der Waals surface area (Å²) >= 11 is 0. The number of guanidine groups is 1. The molecule has 0 saturated heterocycles. The molecule has 0 aromatic heterocycles. The Morgan fingerprint density at radius 3 is 2.53 bits per heavy atom. The van der Waals surface area contributed by atoms with Gasteiger partial charge >= 0.3 is 0 Å². The second-order valence-electron chi connectivity index (χ2n) is 6.45. The summed E-state index contributed by atoms with van der Waals surface area (Å²) in [6.07, 6.45) is 0. The summed E-state index contributed by atoms with van der Waals surface area (Å²) < 4.78 is 32.0. The predicted octanol–water partition coefficient (Wildman–Crippen LogP) is 3.18. The zero-order chi connectivity index (χ0) is 21.3. The monoisotopic (exact) mass is 546 g/mol. The molecule has 0 heterocycles. The molecule has 0 fully saturated rings. The molecule has 30 heavy (non-hydrogen) atoms. The highest BCUT2D eigenvalue weighted by Crippen LogP contribution is 2.20. The van der Waals surface area contributed by atoms with Gasteiger partial charge in [0.1, 0.15) is 5.75 Å². The summed E-state index contributed by atoms with van der Waals surface area (Å²) in [5, 5.41) is 6.52. The van der Waals surface area contributed by atoms with Gasteiger partial charge in [-0.05, 0) is 57.1 Å². The molecule has 2 rings (SSSR count). The first kappa shape index (κ1) is 26.2. The van der Waals surface area contributed by atoms with Crippen LogP contribution in [0.4, 0.5) is 0 Å². The lowest BCUT2D eigenvalue weighted by molar-refractivity contribution is 0.336. The van der Waals surface area contributed by atoms with E-state index in [-0.39, 0.29) is 28.9 Å². The molecule has 0 saturated carbocycles. The predicted molar refractivity (Wildman–Crippen MR) is 132 cm³/mol. The lowest BCUT2D eigenvalue weighted by Crippen LogP contribution is -2.36. The number of sulfonamides is 1. The Bertz CT molecular complexity index is 949. The highest BCUT2D eigenvalue weighted by molar-refractivity contribution is 14.0. The Hall–Kier alpha value is -1.85. The second kappa shape index (κ2) is 12.8. The fourth-order valence-corrected chi connectivity index (χ4v) is 3.52. The van der Waals surface area contributed by atoms with E-state index in [1.807, 2.05) is 39.0 Å². The summed E-state index contributed by atoms with van der Waals surface area (Å²) in [6.45, 7) is 8.24. The maximum atomic E-state index is 12.0. The van der Waals surface area contributed by atoms with Gasteiger partial charge in [-0.3, -0.25) is 0 Å². The van der Waals surface area contributed by atoms with Crippen molar-refractivity contribution in [3.8, 4) is 5.75 Å². The van der Waals surface area contributed by atoms with Crippen molar-refractivity contribution in [3.05, 3.63) is 59.2 Å². The SMILES string of the molecule is CCNC(=NCc1cccc(S(=O)(=O)NC)c1)NCc1ccc(C)cc1OCC.I. The molecule has 0 unspecified atom stereocenters. The van der Waals surface area contributed by atoms with Crippen LogP contribution in [0.15, 0.2) is 52.4 Å². The number of nitrogens with zero attached hydrogens (tertiary/aromatic N) is 1. The van der Waals surface area contributed by atoms with Crippen LogP contribution >= 0.6 is 24.0 Å². The smallest absolute Gasteiger partial charge is 0.240 e. The summed E-state index contributed by atoms with van der Waals surface area (Å²) in [7, 11) is -2.08. The van der Waals surface area contributed by atoms with Crippen LogP contribution in [-0.2, 0) is 23.1 Å². The average Bonchev–Trinajstić information content (AvgIpc) is 2.71. The van der Waals surface area contributed by atoms with Crippen molar-refractivity contribution < 1.29 is 13.2 Å². The molecule has 3 N–H and O–H groups in total. The topological polar surface area (TPSA) is 91.8 Å². The van der Waals surface area contributed by atoms with Crippen LogP contribution in [0.3, 0.4) is 0 Å². The molecule has 9 heteroatoms. The Labute approximate surface area is 196 Å². The van der Waals surface area contributed by atoms with E-state index in [0.717, 1.165) is 22.4 Å². The Morgan fingerprint density at radius 1 is 1.10 bits per heavy atom. The molecule has 0 amide bonds. The highest BCUT2D eigenvalue weighted by atomic mass is 127. The number of aryl methyl sites for hydroxylation is 1. The Morgan fingerprint density at radius 2 is 1.87 bits per heavy atom. The van der Waals surface area contributed by atoms with Crippen molar-refractivity contribution in [2.24, 2.45) is 4.99 Å². The lowest BCUT2D eigenvalue weighted by Gasteiger charge is -2.15. The van der Waals surface area contributed by atoms with E-state index in [1.54, 1.807) is 18.2 Å². The normalized spacial score (nSPS) is 11.5. The first-order valence-electron chi connectivity index (χ1n) is 9.66. The molecule has 0 radical (unpaired) electrons. The van der Waals surface area contributed by atoms with Crippen molar-refractivity contribution >= 4 is 40.0 Å². The van der Waals surface area contributed by atoms with Crippen LogP contribution in [0.1, 0.15) is 30.5 Å². The number of halogens is 1. The number of hydrogen-bond acceptors (Lipinski definition) is 4. The van der Waals surface area contributed by atoms with Crippen molar-refractivity contribution in [2.75, 3.05) is 20.2 Å². The summed E-state index contributed by atoms with van der Waals surface area (Å²) in [6, 6.07) is 12.9. The van der Waals surface area contributed by atoms with E-state index in [9.17, 15) is 8.42 Å². The maximum Gasteiger partial charge on any atom is 0.240 e. The summed E-state index contributed by atoms with van der Waals surface area (Å²) in [5.41, 5.74) is 3.00. The van der Waals surface area contributed by atoms with Gasteiger partial charge < -0.3 is 15.4 Å². The number of hydrogen-bond donors (Lipinski definition) is 3. The number of ether oxygens (including phenoxy) is 1. The fourth-order valence-electron chi connectivity index (χ4n) is 2.72. The Kier molecular flexibility index (Phi) is 11.1. The molecular formula is C21H31IN4O3S. The van der Waals surface area contributed by atoms with Gasteiger partial charge in [-0.1, -0.05) is 24.3 Å². The van der Waals surface area contributed by atoms with Gasteiger partial charge in [0.15, 0.2) is 5.96 Å². The molecule has 0 aliphatic carbocycles. The first-order chi connectivity index (χ1) is 13.9. The molecule has 2 aromatic carbocycles. The van der Waals surface area contributed by atoms with Crippen LogP contribution in [0, 0.1) is 6.92 Å². The third-order valence-electron chi connectivity index (χ3n) is 4.21. The van der Waals surface area contributed by atoms with Crippen molar-refractivity contribution in [2.45, 2.75) is 38.8 Å². The maximum absolute atomic E-state index is 12.0. The van der Waals surface area contributed by atoms with E-state index < -0.39 is 10.0 Å². The van der Waals surface area contributed by atoms with Crippen LogP contribution in [0.2, 0.25) is 0 Å². The van der Waals surface area contributed by atoms with Crippen LogP contribution in [0.25, 0.3) is 0 Å². The van der Waals surface area contributed by atoms with Gasteiger partial charge in [0.2, 0.25) is 10.0 Å². The largest absolute Gasteiger partial charge is 0.494 e. The van der Waals surface area contributed by atoms with Crippen LogP contribution in [-0.4, -0.2) is 34.6 Å². The minimum Gasteiger partial charge on any atom is -0.494 e. The molecule has 0 aliphatic heterocycles. The first-order valence-corrected chi connectivity index (χ1v) is 11.1. The lowest BCUT2D eigenvalue weighted by atomic mass is 10.1. The average molecular weight is 546 g/mol. The minimum atomic E-state index is -3.47. The number of aliphatic imine (C=N–C) groups is 1. The van der Waals surface area contributed by atoms with Crippen LogP contribution in [0.5, 0.6) is 5.75 Å². The second-order valence-corrected chi connectivity index (χ2v) is 8.33. The number of rotatable bonds is 9. The zero-order valence-electron chi connectivity index (χ0n) is 17.9. The third kappa shape index (κ3) is 7.77. The number of benzene rings is 2. The summed E-state index contributed by atoms with van der Waals surface area (Å²) in [5.74, 6) is 1.51.